The van der Waals surface area contributed by atoms with Crippen LogP contribution in [0.15, 0.2) is 36.5 Å². The lowest BCUT2D eigenvalue weighted by atomic mass is 10.4. The van der Waals surface area contributed by atoms with Gasteiger partial charge in [-0.05, 0) is 24.3 Å². The van der Waals surface area contributed by atoms with Crippen molar-refractivity contribution in [2.45, 2.75) is 0 Å². The van der Waals surface area contributed by atoms with Crippen molar-refractivity contribution in [3.8, 4) is 0 Å². The van der Waals surface area contributed by atoms with E-state index in [9.17, 15) is 4.79 Å². The van der Waals surface area contributed by atoms with Crippen LogP contribution in [0, 0.1) is 0 Å². The molecule has 108 valence electrons. The Hall–Kier alpha value is -2.05. The van der Waals surface area contributed by atoms with Crippen LogP contribution in [-0.2, 0) is 0 Å². The Balaban J connectivity index is 1.50. The number of rotatable bonds is 5. The number of nitrogens with one attached hydrogen (secondary N) is 3. The smallest absolute Gasteiger partial charge is 0.267 e. The van der Waals surface area contributed by atoms with Gasteiger partial charge in [-0.15, -0.1) is 11.3 Å². The molecule has 21 heavy (non-hydrogen) atoms. The molecule has 0 atom stereocenters. The van der Waals surface area contributed by atoms with E-state index in [1.165, 1.54) is 11.3 Å². The third-order valence-electron chi connectivity index (χ3n) is 2.90. The summed E-state index contributed by atoms with van der Waals surface area (Å²) in [4.78, 5) is 19.2. The van der Waals surface area contributed by atoms with Crippen LogP contribution in [0.2, 0.25) is 4.34 Å². The van der Waals surface area contributed by atoms with Crippen molar-refractivity contribution in [1.29, 1.82) is 0 Å². The van der Waals surface area contributed by atoms with E-state index in [0.717, 1.165) is 16.0 Å². The Morgan fingerprint density at radius 2 is 2.24 bits per heavy atom. The number of anilines is 1. The lowest BCUT2D eigenvalue weighted by Crippen LogP contribution is -2.29. The molecule has 3 aromatic heterocycles. The number of pyridine rings is 1. The van der Waals surface area contributed by atoms with Crippen LogP contribution in [0.5, 0.6) is 0 Å². The molecule has 0 unspecified atom stereocenters. The van der Waals surface area contributed by atoms with Crippen LogP contribution in [0.3, 0.4) is 0 Å². The monoisotopic (exact) mass is 320 g/mol. The molecule has 3 heterocycles. The molecule has 0 aromatic carbocycles. The third kappa shape index (κ3) is 3.34. The maximum Gasteiger partial charge on any atom is 0.267 e. The maximum absolute atomic E-state index is 12.0. The number of hydrogen-bond acceptors (Lipinski definition) is 4. The van der Waals surface area contributed by atoms with E-state index in [1.54, 1.807) is 6.20 Å². The predicted octanol–water partition coefficient (Wildman–Crippen LogP) is 3.12. The van der Waals surface area contributed by atoms with Crippen molar-refractivity contribution in [3.05, 3.63) is 46.6 Å². The fourth-order valence-corrected chi connectivity index (χ4v) is 3.08. The molecular weight excluding hydrogens is 308 g/mol. The number of amides is 1. The van der Waals surface area contributed by atoms with Gasteiger partial charge in [0, 0.05) is 19.3 Å². The molecule has 5 nitrogen and oxygen atoms in total. The molecule has 0 saturated heterocycles. The normalized spacial score (nSPS) is 10.7. The first-order valence-electron chi connectivity index (χ1n) is 6.43. The highest BCUT2D eigenvalue weighted by molar-refractivity contribution is 7.22. The number of aromatic nitrogens is 2. The van der Waals surface area contributed by atoms with Gasteiger partial charge in [0.05, 0.1) is 14.6 Å². The van der Waals surface area contributed by atoms with Crippen LogP contribution in [0.4, 0.5) is 5.82 Å². The second-order valence-corrected chi connectivity index (χ2v) is 6.12. The topological polar surface area (TPSA) is 69.8 Å². The van der Waals surface area contributed by atoms with E-state index in [4.69, 9.17) is 11.6 Å². The lowest BCUT2D eigenvalue weighted by Gasteiger charge is -2.06. The third-order valence-corrected chi connectivity index (χ3v) is 4.11. The van der Waals surface area contributed by atoms with E-state index in [0.29, 0.717) is 23.1 Å². The summed E-state index contributed by atoms with van der Waals surface area (Å²) >= 11 is 7.35. The number of carbonyl (C=O) groups excluding carboxylic acids is 1. The van der Waals surface area contributed by atoms with Gasteiger partial charge in [-0.1, -0.05) is 17.7 Å². The second-order valence-electron chi connectivity index (χ2n) is 4.41. The van der Waals surface area contributed by atoms with Crippen molar-refractivity contribution in [2.75, 3.05) is 18.4 Å². The number of fused-ring (bicyclic) bond motifs is 1. The van der Waals surface area contributed by atoms with Gasteiger partial charge in [-0.2, -0.15) is 0 Å². The molecule has 0 aliphatic heterocycles. The zero-order valence-corrected chi connectivity index (χ0v) is 12.6. The number of thiophene rings is 1. The molecule has 3 N–H and O–H groups in total. The van der Waals surface area contributed by atoms with E-state index in [-0.39, 0.29) is 5.91 Å². The first kappa shape index (κ1) is 13.9. The summed E-state index contributed by atoms with van der Waals surface area (Å²) < 4.78 is 1.69. The molecule has 3 aromatic rings. The highest BCUT2D eigenvalue weighted by Gasteiger charge is 2.10. The van der Waals surface area contributed by atoms with Crippen LogP contribution in [-0.4, -0.2) is 29.0 Å². The van der Waals surface area contributed by atoms with Crippen LogP contribution in [0.1, 0.15) is 10.5 Å². The minimum Gasteiger partial charge on any atom is -0.368 e. The summed E-state index contributed by atoms with van der Waals surface area (Å²) in [6, 6.07) is 9.28. The first-order chi connectivity index (χ1) is 10.2. The Bertz CT molecular complexity index is 721. The number of halogens is 1. The van der Waals surface area contributed by atoms with E-state index in [1.807, 2.05) is 30.3 Å². The van der Waals surface area contributed by atoms with Gasteiger partial charge in [-0.3, -0.25) is 4.79 Å². The number of hydrogen-bond donors (Lipinski definition) is 3. The van der Waals surface area contributed by atoms with Gasteiger partial charge in [0.1, 0.15) is 11.5 Å². The van der Waals surface area contributed by atoms with Gasteiger partial charge in [0.2, 0.25) is 0 Å². The molecule has 1 amide bonds. The number of H-pyrrole nitrogens is 1. The lowest BCUT2D eigenvalue weighted by molar-refractivity contribution is 0.0951. The SMILES string of the molecule is O=C(NCCNc1ccccn1)c1cc2sc(Cl)cc2[nH]1. The molecule has 0 aliphatic rings. The van der Waals surface area contributed by atoms with Crippen molar-refractivity contribution < 1.29 is 4.79 Å². The second kappa shape index (κ2) is 6.15. The molecule has 3 rings (SSSR count). The van der Waals surface area contributed by atoms with Crippen molar-refractivity contribution in [3.63, 3.8) is 0 Å². The van der Waals surface area contributed by atoms with Crippen LogP contribution >= 0.6 is 22.9 Å². The van der Waals surface area contributed by atoms with E-state index >= 15 is 0 Å². The van der Waals surface area contributed by atoms with Gasteiger partial charge >= 0.3 is 0 Å². The predicted molar refractivity (Wildman–Crippen MR) is 86.2 cm³/mol. The number of nitrogens with zero attached hydrogens (tertiary/aromatic N) is 1. The van der Waals surface area contributed by atoms with Gasteiger partial charge in [0.15, 0.2) is 0 Å². The Morgan fingerprint density at radius 3 is 3.00 bits per heavy atom. The molecule has 0 fully saturated rings. The highest BCUT2D eigenvalue weighted by atomic mass is 35.5. The summed E-state index contributed by atoms with van der Waals surface area (Å²) in [6.45, 7) is 1.13. The van der Waals surface area contributed by atoms with Gasteiger partial charge in [-0.25, -0.2) is 4.98 Å². The molecule has 7 heteroatoms. The first-order valence-corrected chi connectivity index (χ1v) is 7.63. The number of carbonyl (C=O) groups is 1. The quantitative estimate of drug-likeness (QED) is 0.633. The molecule has 0 aliphatic carbocycles. The summed E-state index contributed by atoms with van der Waals surface area (Å²) in [5, 5.41) is 5.97. The zero-order chi connectivity index (χ0) is 14.7. The maximum atomic E-state index is 12.0. The zero-order valence-electron chi connectivity index (χ0n) is 11.0. The standard InChI is InChI=1S/C14H13ClN4OS/c15-12-8-9-11(21-12)7-10(19-9)14(20)18-6-5-17-13-3-1-2-4-16-13/h1-4,7-8,19H,5-6H2,(H,16,17)(H,18,20). The Kier molecular flexibility index (Phi) is 4.08. The highest BCUT2D eigenvalue weighted by Crippen LogP contribution is 2.29. The summed E-state index contributed by atoms with van der Waals surface area (Å²) in [5.41, 5.74) is 1.44. The van der Waals surface area contributed by atoms with Crippen LogP contribution < -0.4 is 10.6 Å². The fourth-order valence-electron chi connectivity index (χ4n) is 1.94. The Morgan fingerprint density at radius 1 is 1.33 bits per heavy atom. The summed E-state index contributed by atoms with van der Waals surface area (Å²) in [5.74, 6) is 0.666. The fraction of sp³-hybridized carbons (Fsp3) is 0.143. The molecule has 0 spiro atoms. The van der Waals surface area contributed by atoms with Crippen molar-refractivity contribution in [1.82, 2.24) is 15.3 Å². The molecule has 0 radical (unpaired) electrons. The Labute approximate surface area is 130 Å². The minimum atomic E-state index is -0.127. The minimum absolute atomic E-state index is 0.127. The van der Waals surface area contributed by atoms with E-state index in [2.05, 4.69) is 20.6 Å². The summed E-state index contributed by atoms with van der Waals surface area (Å²) in [6.07, 6.45) is 1.72. The average Bonchev–Trinajstić information content (AvgIpc) is 3.02. The molecular formula is C14H13ClN4OS. The van der Waals surface area contributed by atoms with Gasteiger partial charge < -0.3 is 15.6 Å². The molecule has 0 saturated carbocycles. The van der Waals surface area contributed by atoms with Crippen molar-refractivity contribution >= 4 is 44.9 Å². The van der Waals surface area contributed by atoms with E-state index < -0.39 is 0 Å². The van der Waals surface area contributed by atoms with Crippen LogP contribution in [0.25, 0.3) is 10.2 Å². The van der Waals surface area contributed by atoms with Crippen molar-refractivity contribution in [2.24, 2.45) is 0 Å². The average molecular weight is 321 g/mol. The summed E-state index contributed by atoms with van der Waals surface area (Å²) in [7, 11) is 0. The number of aromatic amines is 1. The molecule has 0 bridgehead atoms. The van der Waals surface area contributed by atoms with Gasteiger partial charge in [0.25, 0.3) is 5.91 Å². The largest absolute Gasteiger partial charge is 0.368 e.